The van der Waals surface area contributed by atoms with Crippen LogP contribution in [0.5, 0.6) is 0 Å². The Balaban J connectivity index is 0.000000791. The third-order valence-electron chi connectivity index (χ3n) is 2.09. The molecule has 0 bridgehead atoms. The second-order valence-corrected chi connectivity index (χ2v) is 4.63. The van der Waals surface area contributed by atoms with Crippen LogP contribution >= 0.6 is 0 Å². The molecule has 1 aromatic rings. The van der Waals surface area contributed by atoms with E-state index in [2.05, 4.69) is 13.0 Å². The first kappa shape index (κ1) is 13.2. The van der Waals surface area contributed by atoms with E-state index in [1.54, 1.807) is 0 Å². The van der Waals surface area contributed by atoms with E-state index in [1.165, 1.54) is 11.1 Å². The first-order valence-electron chi connectivity index (χ1n) is 5.26. The molecule has 78 valence electrons. The minimum absolute atomic E-state index is 0.973. The van der Waals surface area contributed by atoms with Crippen molar-refractivity contribution < 1.29 is 4.46 Å². The highest BCUT2D eigenvalue weighted by molar-refractivity contribution is 6.59. The molecule has 0 fully saturated rings. The molecule has 0 N–H and O–H groups in total. The van der Waals surface area contributed by atoms with Crippen LogP contribution in [0.4, 0.5) is 0 Å². The van der Waals surface area contributed by atoms with Crippen molar-refractivity contribution in [3.05, 3.63) is 29.3 Å². The Labute approximate surface area is 88.8 Å². The van der Waals surface area contributed by atoms with E-state index in [0.717, 1.165) is 11.6 Å². The van der Waals surface area contributed by atoms with Gasteiger partial charge in [-0.05, 0) is 31.0 Å². The SMILES string of the molecule is CC.CCc1cccc(C)c1[Si](C)=O. The van der Waals surface area contributed by atoms with Gasteiger partial charge in [-0.25, -0.2) is 0 Å². The third kappa shape index (κ3) is 3.18. The van der Waals surface area contributed by atoms with Crippen molar-refractivity contribution in [3.63, 3.8) is 0 Å². The van der Waals surface area contributed by atoms with Crippen LogP contribution in [0.1, 0.15) is 31.9 Å². The van der Waals surface area contributed by atoms with E-state index in [1.807, 2.05) is 39.5 Å². The van der Waals surface area contributed by atoms with Gasteiger partial charge in [-0.3, -0.25) is 0 Å². The van der Waals surface area contributed by atoms with Crippen LogP contribution in [0.25, 0.3) is 0 Å². The van der Waals surface area contributed by atoms with Gasteiger partial charge in [-0.2, -0.15) is 0 Å². The summed E-state index contributed by atoms with van der Waals surface area (Å²) in [5.74, 6) is 0. The molecular formula is C12H20OSi. The first-order chi connectivity index (χ1) is 6.66. The summed E-state index contributed by atoms with van der Waals surface area (Å²) in [6.45, 7) is 9.94. The summed E-state index contributed by atoms with van der Waals surface area (Å²) in [5.41, 5.74) is 2.40. The van der Waals surface area contributed by atoms with Crippen LogP contribution in [0, 0.1) is 6.92 Å². The van der Waals surface area contributed by atoms with Crippen LogP contribution in [0.2, 0.25) is 6.55 Å². The summed E-state index contributed by atoms with van der Waals surface area (Å²) in [4.78, 5) is 0. The third-order valence-corrected chi connectivity index (χ3v) is 3.51. The fourth-order valence-electron chi connectivity index (χ4n) is 1.53. The minimum atomic E-state index is -1.53. The molecule has 1 nitrogen and oxygen atoms in total. The van der Waals surface area contributed by atoms with Gasteiger partial charge in [-0.15, -0.1) is 0 Å². The second-order valence-electron chi connectivity index (χ2n) is 3.02. The minimum Gasteiger partial charge on any atom is -0.383 e. The zero-order chi connectivity index (χ0) is 11.1. The molecule has 0 aliphatic heterocycles. The van der Waals surface area contributed by atoms with Gasteiger partial charge >= 0.3 is 8.68 Å². The molecule has 0 unspecified atom stereocenters. The fourth-order valence-corrected chi connectivity index (χ4v) is 2.88. The fraction of sp³-hybridized carbons (Fsp3) is 0.500. The van der Waals surface area contributed by atoms with Crippen molar-refractivity contribution in [2.45, 2.75) is 40.7 Å². The van der Waals surface area contributed by atoms with Gasteiger partial charge in [0.15, 0.2) is 0 Å². The molecule has 1 aromatic carbocycles. The largest absolute Gasteiger partial charge is 0.383 e. The Morgan fingerprint density at radius 1 is 1.29 bits per heavy atom. The van der Waals surface area contributed by atoms with E-state index in [-0.39, 0.29) is 0 Å². The van der Waals surface area contributed by atoms with Crippen LogP contribution in [0.3, 0.4) is 0 Å². The Morgan fingerprint density at radius 2 is 1.86 bits per heavy atom. The Kier molecular flexibility index (Phi) is 6.29. The molecular weight excluding hydrogens is 188 g/mol. The molecule has 0 saturated heterocycles. The highest BCUT2D eigenvalue weighted by Crippen LogP contribution is 2.02. The van der Waals surface area contributed by atoms with Gasteiger partial charge in [0.25, 0.3) is 0 Å². The number of rotatable bonds is 2. The van der Waals surface area contributed by atoms with Gasteiger partial charge in [-0.1, -0.05) is 39.0 Å². The number of hydrogen-bond donors (Lipinski definition) is 0. The number of benzene rings is 1. The Bertz CT molecular complexity index is 305. The maximum absolute atomic E-state index is 11.4. The van der Waals surface area contributed by atoms with Gasteiger partial charge < -0.3 is 4.46 Å². The second kappa shape index (κ2) is 6.66. The molecule has 0 radical (unpaired) electrons. The van der Waals surface area contributed by atoms with E-state index < -0.39 is 8.68 Å². The topological polar surface area (TPSA) is 17.1 Å². The maximum Gasteiger partial charge on any atom is 0.308 e. The van der Waals surface area contributed by atoms with E-state index in [0.29, 0.717) is 0 Å². The molecule has 0 heterocycles. The van der Waals surface area contributed by atoms with Crippen LogP contribution < -0.4 is 5.19 Å². The van der Waals surface area contributed by atoms with Gasteiger partial charge in [0.05, 0.1) is 0 Å². The smallest absolute Gasteiger partial charge is 0.308 e. The average Bonchev–Trinajstić information content (AvgIpc) is 2.19. The lowest BCUT2D eigenvalue weighted by Gasteiger charge is -2.06. The molecule has 2 heteroatoms. The first-order valence-corrected chi connectivity index (χ1v) is 7.17. The molecule has 0 amide bonds. The van der Waals surface area contributed by atoms with Crippen molar-refractivity contribution in [1.29, 1.82) is 0 Å². The van der Waals surface area contributed by atoms with Crippen molar-refractivity contribution in [1.82, 2.24) is 0 Å². The van der Waals surface area contributed by atoms with Crippen LogP contribution in [0.15, 0.2) is 18.2 Å². The quantitative estimate of drug-likeness (QED) is 0.683. The highest BCUT2D eigenvalue weighted by Gasteiger charge is 2.09. The lowest BCUT2D eigenvalue weighted by Crippen LogP contribution is -2.24. The van der Waals surface area contributed by atoms with Crippen LogP contribution in [-0.4, -0.2) is 8.68 Å². The molecule has 0 spiro atoms. The van der Waals surface area contributed by atoms with Gasteiger partial charge in [0.2, 0.25) is 0 Å². The van der Waals surface area contributed by atoms with Crippen molar-refractivity contribution in [3.8, 4) is 0 Å². The predicted molar refractivity (Wildman–Crippen MR) is 63.8 cm³/mol. The molecule has 0 aromatic heterocycles. The molecule has 0 saturated carbocycles. The lowest BCUT2D eigenvalue weighted by atomic mass is 10.1. The van der Waals surface area contributed by atoms with E-state index in [9.17, 15) is 4.46 Å². The summed E-state index contributed by atoms with van der Waals surface area (Å²) >= 11 is 0. The molecule has 0 aliphatic rings. The Morgan fingerprint density at radius 3 is 2.21 bits per heavy atom. The maximum atomic E-state index is 11.4. The van der Waals surface area contributed by atoms with Crippen molar-refractivity contribution >= 4 is 13.9 Å². The molecule has 0 atom stereocenters. The monoisotopic (exact) mass is 208 g/mol. The zero-order valence-corrected chi connectivity index (χ0v) is 10.8. The summed E-state index contributed by atoms with van der Waals surface area (Å²) < 4.78 is 11.4. The summed E-state index contributed by atoms with van der Waals surface area (Å²) in [5, 5.41) is 1.09. The number of hydrogen-bond acceptors (Lipinski definition) is 1. The standard InChI is InChI=1S/C10H14OSi.C2H6/c1-4-9-7-5-6-8(2)10(9)12(3)11;1-2/h5-7H,4H2,1-3H3;1-2H3. The number of aryl methyl sites for hydroxylation is 2. The average molecular weight is 208 g/mol. The molecule has 1 rings (SSSR count). The van der Waals surface area contributed by atoms with Crippen LogP contribution in [-0.2, 0) is 10.9 Å². The highest BCUT2D eigenvalue weighted by atomic mass is 28.3. The van der Waals surface area contributed by atoms with E-state index in [4.69, 9.17) is 0 Å². The van der Waals surface area contributed by atoms with Crippen molar-refractivity contribution in [2.75, 3.05) is 0 Å². The van der Waals surface area contributed by atoms with Gasteiger partial charge in [0, 0.05) is 5.19 Å². The van der Waals surface area contributed by atoms with Gasteiger partial charge in [0.1, 0.15) is 0 Å². The molecule has 0 aliphatic carbocycles. The Hall–Kier alpha value is -0.763. The summed E-state index contributed by atoms with van der Waals surface area (Å²) in [6.07, 6.45) is 0.973. The van der Waals surface area contributed by atoms with Crippen molar-refractivity contribution in [2.24, 2.45) is 0 Å². The molecule has 14 heavy (non-hydrogen) atoms. The summed E-state index contributed by atoms with van der Waals surface area (Å²) in [6, 6.07) is 6.12. The van der Waals surface area contributed by atoms with E-state index >= 15 is 0 Å². The zero-order valence-electron chi connectivity index (χ0n) is 9.85. The summed E-state index contributed by atoms with van der Waals surface area (Å²) in [7, 11) is -1.53. The predicted octanol–water partition coefficient (Wildman–Crippen LogP) is 2.84. The normalized spacial score (nSPS) is 8.93. The lowest BCUT2D eigenvalue weighted by molar-refractivity contribution is 0.572.